The van der Waals surface area contributed by atoms with Crippen molar-refractivity contribution in [2.75, 3.05) is 13.7 Å². The van der Waals surface area contributed by atoms with E-state index >= 15 is 0 Å². The number of rotatable bonds is 4. The molecule has 0 radical (unpaired) electrons. The normalized spacial score (nSPS) is 19.3. The summed E-state index contributed by atoms with van der Waals surface area (Å²) in [5.41, 5.74) is 2.03. The van der Waals surface area contributed by atoms with E-state index in [9.17, 15) is 6.99 Å². The van der Waals surface area contributed by atoms with Gasteiger partial charge in [-0.25, -0.2) is 0 Å². The Hall–Kier alpha value is -1.79. The number of hydrogen-bond acceptors (Lipinski definition) is 5. The maximum absolute atomic E-state index is 13.1. The van der Waals surface area contributed by atoms with E-state index in [0.717, 1.165) is 26.3 Å². The van der Waals surface area contributed by atoms with Gasteiger partial charge in [0.1, 0.15) is 0 Å². The van der Waals surface area contributed by atoms with Gasteiger partial charge >= 0.3 is 148 Å². The quantitative estimate of drug-likeness (QED) is 0.379. The molecule has 0 spiro atoms. The van der Waals surface area contributed by atoms with E-state index in [4.69, 9.17) is 22.4 Å². The number of hydrogen-bond donors (Lipinski definition) is 1. The van der Waals surface area contributed by atoms with Gasteiger partial charge in [0.05, 0.1) is 0 Å². The van der Waals surface area contributed by atoms with Crippen LogP contribution in [0.4, 0.5) is 3.89 Å². The molecule has 3 rings (SSSR count). The first-order valence-corrected chi connectivity index (χ1v) is 12.7. The van der Waals surface area contributed by atoms with Crippen LogP contribution >= 0.6 is 0 Å². The van der Waals surface area contributed by atoms with E-state index < -0.39 is 30.0 Å². The summed E-state index contributed by atoms with van der Waals surface area (Å²) in [4.78, 5) is 0. The van der Waals surface area contributed by atoms with Crippen LogP contribution in [-0.2, 0) is 23.1 Å². The van der Waals surface area contributed by atoms with Crippen molar-refractivity contribution in [1.29, 1.82) is 0 Å². The van der Waals surface area contributed by atoms with Crippen molar-refractivity contribution in [1.82, 2.24) is 0 Å². The average molecular weight is 510 g/mol. The third-order valence-corrected chi connectivity index (χ3v) is 8.31. The molecule has 1 atom stereocenters. The molecule has 0 saturated carbocycles. The number of halogens is 1. The summed E-state index contributed by atoms with van der Waals surface area (Å²) in [5, 5.41) is 0. The molecule has 0 amide bonds. The van der Waals surface area contributed by atoms with Crippen molar-refractivity contribution in [2.24, 2.45) is 0 Å². The molecule has 0 saturated heterocycles. The van der Waals surface area contributed by atoms with Gasteiger partial charge in [-0.1, -0.05) is 3.89 Å². The Bertz CT molecular complexity index is 924. The van der Waals surface area contributed by atoms with Crippen molar-refractivity contribution < 1.29 is 29.4 Å². The molecule has 1 N–H and O–H groups in total. The van der Waals surface area contributed by atoms with E-state index in [0.29, 0.717) is 6.61 Å². The maximum atomic E-state index is 13.1. The van der Waals surface area contributed by atoms with Crippen molar-refractivity contribution in [3.63, 3.8) is 0 Å². The van der Waals surface area contributed by atoms with Crippen molar-refractivity contribution in [2.45, 2.75) is 10.9 Å². The minimum absolute atomic E-state index is 0.0923. The van der Waals surface area contributed by atoms with E-state index in [1.165, 1.54) is 0 Å². The fraction of sp³-hybridized carbons (Fsp3) is 0.222. The summed E-state index contributed by atoms with van der Waals surface area (Å²) in [7, 11) is -3.53. The molecule has 1 aliphatic heterocycles. The first kappa shape index (κ1) is 21.5. The van der Waals surface area contributed by atoms with E-state index in [1.807, 2.05) is 61.6 Å². The van der Waals surface area contributed by atoms with Crippen LogP contribution in [0.3, 0.4) is 0 Å². The SMILES string of the molecule is CCOC1=C2C=CC(OC)=CC2[Te](=O)C(c2ccccc2)=C1.O=S(=O)(O)F. The second-order valence-corrected chi connectivity index (χ2v) is 10.6. The molecule has 6 nitrogen and oxygen atoms in total. The van der Waals surface area contributed by atoms with Gasteiger partial charge in [-0.05, 0) is 0 Å². The van der Waals surface area contributed by atoms with Crippen LogP contribution in [0.25, 0.3) is 3.62 Å². The summed E-state index contributed by atoms with van der Waals surface area (Å²) in [5.74, 6) is 1.59. The smallest absolute Gasteiger partial charge is 0.260 e. The van der Waals surface area contributed by atoms with Crippen molar-refractivity contribution in [3.05, 3.63) is 77.3 Å². The van der Waals surface area contributed by atoms with Crippen LogP contribution in [-0.4, -0.2) is 46.2 Å². The minimum atomic E-state index is -5.17. The number of benzene rings is 1. The van der Waals surface area contributed by atoms with Crippen LogP contribution in [0.2, 0.25) is 3.97 Å². The average Bonchev–Trinajstić information content (AvgIpc) is 2.63. The molecule has 0 aromatic heterocycles. The minimum Gasteiger partial charge on any atom is -0.260 e. The Labute approximate surface area is 164 Å². The molecule has 0 bridgehead atoms. The molecule has 1 heterocycles. The van der Waals surface area contributed by atoms with Crippen molar-refractivity contribution >= 4 is 33.7 Å². The van der Waals surface area contributed by atoms with Crippen molar-refractivity contribution in [3.8, 4) is 0 Å². The zero-order chi connectivity index (χ0) is 20.0. The van der Waals surface area contributed by atoms with Crippen LogP contribution in [0.5, 0.6) is 0 Å². The maximum Gasteiger partial charge on any atom is 0.435 e. The van der Waals surface area contributed by atoms with E-state index in [1.54, 1.807) is 7.11 Å². The molecule has 146 valence electrons. The second kappa shape index (κ2) is 9.42. The second-order valence-electron chi connectivity index (χ2n) is 5.36. The molecule has 1 aromatic carbocycles. The number of methoxy groups -OCH3 is 1. The van der Waals surface area contributed by atoms with Gasteiger partial charge in [0, 0.05) is 0 Å². The van der Waals surface area contributed by atoms with Gasteiger partial charge < -0.3 is 0 Å². The molecule has 0 fully saturated rings. The van der Waals surface area contributed by atoms with Crippen LogP contribution in [0, 0.1) is 0 Å². The summed E-state index contributed by atoms with van der Waals surface area (Å²) >= 11 is -2.78. The standard InChI is InChI=1S/C18H18O3Te.FHO3S/c1-3-21-16-12-17(13-7-5-4-6-8-13)22(19)18-11-14(20-2)9-10-15(16)18;1-5(2,3)4/h4-12,18H,3H2,1-2H3;(H,2,3,4). The van der Waals surface area contributed by atoms with Gasteiger partial charge in [0.15, 0.2) is 0 Å². The monoisotopic (exact) mass is 512 g/mol. The van der Waals surface area contributed by atoms with E-state index in [-0.39, 0.29) is 3.97 Å². The molecule has 1 aromatic rings. The van der Waals surface area contributed by atoms with Gasteiger partial charge in [0.2, 0.25) is 0 Å². The third-order valence-electron chi connectivity index (χ3n) is 3.64. The Kier molecular flexibility index (Phi) is 7.50. The molecule has 1 unspecified atom stereocenters. The summed E-state index contributed by atoms with van der Waals surface area (Å²) in [6.07, 6.45) is 7.80. The third kappa shape index (κ3) is 6.11. The first-order chi connectivity index (χ1) is 12.7. The largest absolute Gasteiger partial charge is 0.435 e. The number of allylic oxidation sites excluding steroid dienone is 5. The van der Waals surface area contributed by atoms with Crippen LogP contribution in [0.15, 0.2) is 71.7 Å². The Balaban J connectivity index is 0.000000465. The van der Waals surface area contributed by atoms with Crippen LogP contribution < -0.4 is 0 Å². The Morgan fingerprint density at radius 3 is 2.41 bits per heavy atom. The summed E-state index contributed by atoms with van der Waals surface area (Å²) in [6, 6.07) is 9.92. The fourth-order valence-corrected chi connectivity index (χ4v) is 7.00. The van der Waals surface area contributed by atoms with Gasteiger partial charge in [-0.2, -0.15) is 8.42 Å². The molecular weight excluding hydrogens is 491 g/mol. The first-order valence-electron chi connectivity index (χ1n) is 7.90. The topological polar surface area (TPSA) is 89.9 Å². The number of fused-ring (bicyclic) bond motifs is 1. The fourth-order valence-electron chi connectivity index (χ4n) is 2.58. The predicted molar refractivity (Wildman–Crippen MR) is 100 cm³/mol. The van der Waals surface area contributed by atoms with Crippen LogP contribution in [0.1, 0.15) is 12.5 Å². The summed E-state index contributed by atoms with van der Waals surface area (Å²) < 4.78 is 59.2. The zero-order valence-corrected chi connectivity index (χ0v) is 17.8. The Morgan fingerprint density at radius 1 is 1.22 bits per heavy atom. The summed E-state index contributed by atoms with van der Waals surface area (Å²) in [6.45, 7) is 2.55. The molecular formula is C18H19FO6STe. The molecule has 9 heteroatoms. The Morgan fingerprint density at radius 2 is 1.85 bits per heavy atom. The van der Waals surface area contributed by atoms with Gasteiger partial charge in [0.25, 0.3) is 0 Å². The molecule has 2 aliphatic rings. The van der Waals surface area contributed by atoms with Gasteiger partial charge in [-0.15, -0.1) is 0 Å². The molecule has 1 aliphatic carbocycles. The van der Waals surface area contributed by atoms with Gasteiger partial charge in [-0.3, -0.25) is 4.55 Å². The number of ether oxygens (including phenoxy) is 2. The van der Waals surface area contributed by atoms with E-state index in [2.05, 4.69) is 0 Å². The zero-order valence-electron chi connectivity index (χ0n) is 14.7. The predicted octanol–water partition coefficient (Wildman–Crippen LogP) is 3.56. The molecule has 27 heavy (non-hydrogen) atoms.